The normalized spacial score (nSPS) is 23.8. The number of fused-ring (bicyclic) bond motifs is 1. The van der Waals surface area contributed by atoms with Crippen molar-refractivity contribution in [2.45, 2.75) is 63.4 Å². The Morgan fingerprint density at radius 1 is 1.19 bits per heavy atom. The minimum Gasteiger partial charge on any atom is -0.378 e. The van der Waals surface area contributed by atoms with Gasteiger partial charge in [-0.25, -0.2) is 14.4 Å². The lowest BCUT2D eigenvalue weighted by atomic mass is 9.84. The number of nitrogens with zero attached hydrogens (tertiary/aromatic N) is 4. The number of hydrogen-bond acceptors (Lipinski definition) is 6. The Hall–Kier alpha value is -1.80. The minimum atomic E-state index is -1.01. The summed E-state index contributed by atoms with van der Waals surface area (Å²) in [6.45, 7) is 8.79. The van der Waals surface area contributed by atoms with Crippen molar-refractivity contribution in [2.24, 2.45) is 5.73 Å². The van der Waals surface area contributed by atoms with Gasteiger partial charge in [0.15, 0.2) is 0 Å². The van der Waals surface area contributed by atoms with Crippen molar-refractivity contribution < 1.29 is 9.50 Å². The van der Waals surface area contributed by atoms with Crippen LogP contribution in [0.3, 0.4) is 0 Å². The van der Waals surface area contributed by atoms with Gasteiger partial charge < -0.3 is 15.7 Å². The van der Waals surface area contributed by atoms with Crippen molar-refractivity contribution in [1.82, 2.24) is 14.9 Å². The number of anilines is 1. The quantitative estimate of drug-likeness (QED) is 0.677. The highest BCUT2D eigenvalue weighted by Gasteiger charge is 2.36. The maximum Gasteiger partial charge on any atom is 0.143 e. The maximum atomic E-state index is 14.3. The van der Waals surface area contributed by atoms with E-state index in [0.717, 1.165) is 16.9 Å². The molecule has 0 radical (unpaired) electrons. The summed E-state index contributed by atoms with van der Waals surface area (Å²) < 4.78 is 14.3. The molecule has 2 aromatic rings. The molecule has 0 spiro atoms. The van der Waals surface area contributed by atoms with E-state index in [1.807, 2.05) is 45.0 Å². The number of nitrogens with two attached hydrogens (primary N) is 1. The van der Waals surface area contributed by atoms with Crippen LogP contribution in [0.25, 0.3) is 0 Å². The first-order valence-electron chi connectivity index (χ1n) is 11.3. The van der Waals surface area contributed by atoms with Gasteiger partial charge >= 0.3 is 0 Å². The molecule has 4 rings (SSSR count). The number of rotatable bonds is 6. The molecule has 6 nitrogen and oxygen atoms in total. The van der Waals surface area contributed by atoms with Crippen molar-refractivity contribution in [3.05, 3.63) is 52.4 Å². The number of piperazine rings is 1. The second-order valence-corrected chi connectivity index (χ2v) is 10.3. The van der Waals surface area contributed by atoms with Gasteiger partial charge in [-0.05, 0) is 50.3 Å². The lowest BCUT2D eigenvalue weighted by Crippen LogP contribution is -2.53. The maximum absolute atomic E-state index is 14.3. The van der Waals surface area contributed by atoms with Gasteiger partial charge in [-0.2, -0.15) is 0 Å². The van der Waals surface area contributed by atoms with Crippen molar-refractivity contribution in [3.63, 3.8) is 0 Å². The Bertz CT molecular complexity index is 927. The Morgan fingerprint density at radius 2 is 1.84 bits per heavy atom. The zero-order valence-electron chi connectivity index (χ0n) is 19.0. The highest BCUT2D eigenvalue weighted by molar-refractivity contribution is 6.30. The SMILES string of the molecule is C[C@@H]1C[C@H](F)c2ncnc(N3CCN(C(O)[C@H](CC(C)(C)N)c4ccc(Cl)cc4)CC3)c21. The topological polar surface area (TPSA) is 78.5 Å². The number of aromatic nitrogens is 2. The number of alkyl halides is 1. The van der Waals surface area contributed by atoms with Crippen LogP contribution in [0.1, 0.15) is 68.4 Å². The monoisotopic (exact) mass is 461 g/mol. The van der Waals surface area contributed by atoms with Gasteiger partial charge in [0.1, 0.15) is 24.5 Å². The predicted molar refractivity (Wildman–Crippen MR) is 126 cm³/mol. The molecule has 1 aromatic carbocycles. The second kappa shape index (κ2) is 9.21. The van der Waals surface area contributed by atoms with Crippen molar-refractivity contribution >= 4 is 17.4 Å². The van der Waals surface area contributed by atoms with E-state index in [9.17, 15) is 9.50 Å². The molecule has 174 valence electrons. The smallest absolute Gasteiger partial charge is 0.143 e. The molecule has 1 aromatic heterocycles. The van der Waals surface area contributed by atoms with Crippen molar-refractivity contribution in [3.8, 4) is 0 Å². The van der Waals surface area contributed by atoms with E-state index in [4.69, 9.17) is 17.3 Å². The number of benzene rings is 1. The third-order valence-corrected chi connectivity index (χ3v) is 6.89. The zero-order valence-corrected chi connectivity index (χ0v) is 19.8. The first kappa shape index (κ1) is 23.4. The predicted octanol–water partition coefficient (Wildman–Crippen LogP) is 4.00. The number of aliphatic hydroxyl groups is 1. The summed E-state index contributed by atoms with van der Waals surface area (Å²) in [5.74, 6) is 0.824. The summed E-state index contributed by atoms with van der Waals surface area (Å²) in [5, 5.41) is 12.0. The molecule has 2 heterocycles. The average Bonchev–Trinajstić information content (AvgIpc) is 3.05. The van der Waals surface area contributed by atoms with E-state index >= 15 is 0 Å². The van der Waals surface area contributed by atoms with Gasteiger partial charge in [-0.3, -0.25) is 4.90 Å². The molecule has 1 fully saturated rings. The second-order valence-electron chi connectivity index (χ2n) is 9.89. The van der Waals surface area contributed by atoms with Crippen molar-refractivity contribution in [1.29, 1.82) is 0 Å². The largest absolute Gasteiger partial charge is 0.378 e. The highest BCUT2D eigenvalue weighted by atomic mass is 35.5. The van der Waals surface area contributed by atoms with Gasteiger partial charge in [-0.1, -0.05) is 30.7 Å². The van der Waals surface area contributed by atoms with Crippen LogP contribution >= 0.6 is 11.6 Å². The molecule has 1 aliphatic heterocycles. The summed E-state index contributed by atoms with van der Waals surface area (Å²) in [6.07, 6.45) is 0.915. The molecule has 32 heavy (non-hydrogen) atoms. The fourth-order valence-corrected chi connectivity index (χ4v) is 5.16. The van der Waals surface area contributed by atoms with Gasteiger partial charge in [0.25, 0.3) is 0 Å². The third-order valence-electron chi connectivity index (χ3n) is 6.64. The molecule has 0 saturated carbocycles. The van der Waals surface area contributed by atoms with Gasteiger partial charge in [-0.15, -0.1) is 0 Å². The van der Waals surface area contributed by atoms with Crippen LogP contribution in [-0.2, 0) is 0 Å². The minimum absolute atomic E-state index is 0.112. The molecule has 4 atom stereocenters. The van der Waals surface area contributed by atoms with E-state index in [2.05, 4.69) is 19.8 Å². The van der Waals surface area contributed by atoms with Gasteiger partial charge in [0.05, 0.1) is 5.69 Å². The number of hydrogen-bond donors (Lipinski definition) is 2. The summed E-state index contributed by atoms with van der Waals surface area (Å²) >= 11 is 6.07. The Kier molecular flexibility index (Phi) is 6.73. The number of aliphatic hydroxyl groups excluding tert-OH is 1. The molecule has 0 amide bonds. The molecule has 8 heteroatoms. The lowest BCUT2D eigenvalue weighted by Gasteiger charge is -2.42. The molecule has 1 aliphatic carbocycles. The first-order valence-corrected chi connectivity index (χ1v) is 11.7. The summed E-state index contributed by atoms with van der Waals surface area (Å²) in [6, 6.07) is 7.65. The van der Waals surface area contributed by atoms with Crippen LogP contribution in [0.5, 0.6) is 0 Å². The molecular formula is C24H33ClFN5O. The van der Waals surface area contributed by atoms with Crippen LogP contribution < -0.4 is 10.6 Å². The molecule has 0 bridgehead atoms. The Labute approximate surface area is 194 Å². The molecule has 1 saturated heterocycles. The van der Waals surface area contributed by atoms with Crippen LogP contribution in [0.15, 0.2) is 30.6 Å². The molecular weight excluding hydrogens is 429 g/mol. The summed E-state index contributed by atoms with van der Waals surface area (Å²) in [4.78, 5) is 13.0. The van der Waals surface area contributed by atoms with Crippen LogP contribution in [0, 0.1) is 0 Å². The summed E-state index contributed by atoms with van der Waals surface area (Å²) in [5.41, 5.74) is 8.42. The Balaban J connectivity index is 1.49. The van der Waals surface area contributed by atoms with E-state index < -0.39 is 17.9 Å². The molecule has 2 aliphatic rings. The lowest BCUT2D eigenvalue weighted by molar-refractivity contribution is -0.0256. The van der Waals surface area contributed by atoms with E-state index in [1.165, 1.54) is 6.33 Å². The first-order chi connectivity index (χ1) is 15.1. The summed E-state index contributed by atoms with van der Waals surface area (Å²) in [7, 11) is 0. The third kappa shape index (κ3) is 4.91. The number of halogens is 2. The van der Waals surface area contributed by atoms with Crippen molar-refractivity contribution in [2.75, 3.05) is 31.1 Å². The van der Waals surface area contributed by atoms with Crippen LogP contribution in [0.2, 0.25) is 5.02 Å². The Morgan fingerprint density at radius 3 is 2.47 bits per heavy atom. The highest BCUT2D eigenvalue weighted by Crippen LogP contribution is 2.44. The zero-order chi connectivity index (χ0) is 23.0. The van der Waals surface area contributed by atoms with Gasteiger partial charge in [0, 0.05) is 48.2 Å². The molecule has 3 N–H and O–H groups in total. The van der Waals surface area contributed by atoms with E-state index in [-0.39, 0.29) is 11.8 Å². The fourth-order valence-electron chi connectivity index (χ4n) is 5.04. The van der Waals surface area contributed by atoms with Gasteiger partial charge in [0.2, 0.25) is 0 Å². The van der Waals surface area contributed by atoms with Crippen LogP contribution in [-0.4, -0.2) is 57.9 Å². The standard InChI is InChI=1S/C24H33ClFN5O/c1-15-12-19(26)21-20(15)22(29-14-28-21)30-8-10-31(11-9-30)23(32)18(13-24(2,3)27)16-4-6-17(25)7-5-16/h4-7,14-15,18-19,23,32H,8-13,27H2,1-3H3/t15-,18-,19+,23?/m1/s1. The van der Waals surface area contributed by atoms with Crippen LogP contribution in [0.4, 0.5) is 10.2 Å². The van der Waals surface area contributed by atoms with E-state index in [0.29, 0.717) is 49.7 Å². The fraction of sp³-hybridized carbons (Fsp3) is 0.583. The average molecular weight is 462 g/mol. The van der Waals surface area contributed by atoms with E-state index in [1.54, 1.807) is 0 Å². The molecule has 1 unspecified atom stereocenters.